The molecule has 150 valence electrons. The molecule has 3 aromatic rings. The molecule has 0 unspecified atom stereocenters. The Morgan fingerprint density at radius 2 is 1.69 bits per heavy atom. The van der Waals surface area contributed by atoms with E-state index in [2.05, 4.69) is 45.9 Å². The zero-order chi connectivity index (χ0) is 20.1. The summed E-state index contributed by atoms with van der Waals surface area (Å²) in [6.45, 7) is 2.74. The van der Waals surface area contributed by atoms with Gasteiger partial charge in [0.1, 0.15) is 0 Å². The number of piperidine rings is 1. The molecule has 0 aliphatic carbocycles. The molecule has 5 heteroatoms. The minimum absolute atomic E-state index is 0.213. The molecule has 0 radical (unpaired) electrons. The number of nitrogens with zero attached hydrogens (tertiary/aromatic N) is 1. The summed E-state index contributed by atoms with van der Waals surface area (Å²) in [5.41, 5.74) is 3.04. The van der Waals surface area contributed by atoms with Crippen LogP contribution in [0.3, 0.4) is 0 Å². The maximum atomic E-state index is 12.2. The van der Waals surface area contributed by atoms with E-state index < -0.39 is 0 Å². The van der Waals surface area contributed by atoms with Crippen molar-refractivity contribution in [2.45, 2.75) is 19.4 Å². The number of hydrogen-bond donors (Lipinski definition) is 3. The molecule has 1 aliphatic heterocycles. The van der Waals surface area contributed by atoms with E-state index in [1.165, 1.54) is 5.69 Å². The van der Waals surface area contributed by atoms with Crippen molar-refractivity contribution in [1.29, 1.82) is 0 Å². The number of aliphatic hydroxyl groups is 1. The number of hydrogen-bond acceptors (Lipinski definition) is 3. The number of carbonyl (C=O) groups excluding carboxylic acids is 1. The highest BCUT2D eigenvalue weighted by molar-refractivity contribution is 5.93. The lowest BCUT2D eigenvalue weighted by atomic mass is 9.97. The average molecular weight is 389 g/mol. The number of fused-ring (bicyclic) bond motifs is 1. The van der Waals surface area contributed by atoms with E-state index in [-0.39, 0.29) is 6.03 Å². The summed E-state index contributed by atoms with van der Waals surface area (Å²) in [6, 6.07) is 22.1. The summed E-state index contributed by atoms with van der Waals surface area (Å²) in [4.78, 5) is 14.6. The van der Waals surface area contributed by atoms with Gasteiger partial charge in [0.25, 0.3) is 0 Å². The lowest BCUT2D eigenvalue weighted by molar-refractivity contribution is 0.203. The van der Waals surface area contributed by atoms with Gasteiger partial charge in [0.15, 0.2) is 0 Å². The summed E-state index contributed by atoms with van der Waals surface area (Å²) in [7, 11) is 0. The Morgan fingerprint density at radius 3 is 2.41 bits per heavy atom. The van der Waals surface area contributed by atoms with Crippen molar-refractivity contribution < 1.29 is 9.90 Å². The molecular formula is C24H27N3O2. The summed E-state index contributed by atoms with van der Waals surface area (Å²) >= 11 is 0. The molecule has 1 saturated heterocycles. The molecule has 29 heavy (non-hydrogen) atoms. The van der Waals surface area contributed by atoms with Crippen LogP contribution in [0.2, 0.25) is 0 Å². The SMILES string of the molecule is O=C(NCc1ccc(N2CCC(CO)CC2)cc1)Nc1ccc2ccccc2c1. The van der Waals surface area contributed by atoms with Gasteiger partial charge in [0.05, 0.1) is 0 Å². The molecule has 0 saturated carbocycles. The highest BCUT2D eigenvalue weighted by Crippen LogP contribution is 2.23. The molecule has 0 aromatic heterocycles. The van der Waals surface area contributed by atoms with E-state index in [0.717, 1.165) is 48.0 Å². The van der Waals surface area contributed by atoms with Crippen LogP contribution in [-0.2, 0) is 6.54 Å². The molecule has 1 heterocycles. The van der Waals surface area contributed by atoms with E-state index in [9.17, 15) is 9.90 Å². The number of urea groups is 1. The standard InChI is InChI=1S/C24H27N3O2/c28-17-19-11-13-27(14-12-19)23-9-5-18(6-10-23)16-25-24(29)26-22-8-7-20-3-1-2-4-21(20)15-22/h1-10,15,19,28H,11-14,16-17H2,(H2,25,26,29). The van der Waals surface area contributed by atoms with Gasteiger partial charge in [-0.3, -0.25) is 0 Å². The Balaban J connectivity index is 1.28. The van der Waals surface area contributed by atoms with Gasteiger partial charge >= 0.3 is 6.03 Å². The van der Waals surface area contributed by atoms with Crippen LogP contribution < -0.4 is 15.5 Å². The molecule has 5 nitrogen and oxygen atoms in total. The molecule has 3 aromatic carbocycles. The topological polar surface area (TPSA) is 64.6 Å². The van der Waals surface area contributed by atoms with Crippen molar-refractivity contribution in [3.63, 3.8) is 0 Å². The van der Waals surface area contributed by atoms with Crippen LogP contribution in [0.5, 0.6) is 0 Å². The maximum absolute atomic E-state index is 12.2. The molecule has 4 rings (SSSR count). The van der Waals surface area contributed by atoms with Crippen molar-refractivity contribution in [3.05, 3.63) is 72.3 Å². The Bertz CT molecular complexity index is 963. The summed E-state index contributed by atoms with van der Waals surface area (Å²) in [5.74, 6) is 0.441. The first-order valence-corrected chi connectivity index (χ1v) is 10.2. The first-order chi connectivity index (χ1) is 14.2. The molecule has 3 N–H and O–H groups in total. The first kappa shape index (κ1) is 19.3. The predicted octanol–water partition coefficient (Wildman–Crippen LogP) is 4.37. The quantitative estimate of drug-likeness (QED) is 0.607. The Labute approximate surface area is 171 Å². The smallest absolute Gasteiger partial charge is 0.319 e. The fraction of sp³-hybridized carbons (Fsp3) is 0.292. The van der Waals surface area contributed by atoms with Crippen LogP contribution in [0.1, 0.15) is 18.4 Å². The van der Waals surface area contributed by atoms with Crippen LogP contribution in [0.15, 0.2) is 66.7 Å². The summed E-state index contributed by atoms with van der Waals surface area (Å²) in [6.07, 6.45) is 2.07. The van der Waals surface area contributed by atoms with Crippen LogP contribution in [0, 0.1) is 5.92 Å². The average Bonchev–Trinajstić information content (AvgIpc) is 2.78. The van der Waals surface area contributed by atoms with E-state index in [0.29, 0.717) is 19.1 Å². The number of anilines is 2. The third-order valence-electron chi connectivity index (χ3n) is 5.63. The third kappa shape index (κ3) is 4.87. The van der Waals surface area contributed by atoms with Crippen LogP contribution in [-0.4, -0.2) is 30.8 Å². The Hall–Kier alpha value is -3.05. The third-order valence-corrected chi connectivity index (χ3v) is 5.63. The summed E-state index contributed by atoms with van der Waals surface area (Å²) < 4.78 is 0. The highest BCUT2D eigenvalue weighted by atomic mass is 16.3. The van der Waals surface area contributed by atoms with Gasteiger partial charge in [0.2, 0.25) is 0 Å². The molecule has 1 fully saturated rings. The predicted molar refractivity (Wildman–Crippen MR) is 118 cm³/mol. The van der Waals surface area contributed by atoms with Crippen LogP contribution in [0.4, 0.5) is 16.2 Å². The van der Waals surface area contributed by atoms with Gasteiger partial charge in [-0.15, -0.1) is 0 Å². The van der Waals surface area contributed by atoms with Gasteiger partial charge in [-0.05, 0) is 59.4 Å². The largest absolute Gasteiger partial charge is 0.396 e. The van der Waals surface area contributed by atoms with Crippen molar-refractivity contribution in [3.8, 4) is 0 Å². The van der Waals surface area contributed by atoms with Crippen molar-refractivity contribution >= 4 is 28.2 Å². The first-order valence-electron chi connectivity index (χ1n) is 10.2. The van der Waals surface area contributed by atoms with Gasteiger partial charge in [-0.1, -0.05) is 42.5 Å². The lowest BCUT2D eigenvalue weighted by Gasteiger charge is -2.33. The second-order valence-electron chi connectivity index (χ2n) is 7.65. The normalized spacial score (nSPS) is 14.7. The molecule has 0 atom stereocenters. The van der Waals surface area contributed by atoms with E-state index in [4.69, 9.17) is 0 Å². The Morgan fingerprint density at radius 1 is 0.966 bits per heavy atom. The number of amides is 2. The van der Waals surface area contributed by atoms with E-state index >= 15 is 0 Å². The zero-order valence-electron chi connectivity index (χ0n) is 16.5. The lowest BCUT2D eigenvalue weighted by Crippen LogP contribution is -2.34. The second-order valence-corrected chi connectivity index (χ2v) is 7.65. The monoisotopic (exact) mass is 389 g/mol. The second kappa shape index (κ2) is 8.97. The van der Waals surface area contributed by atoms with Crippen LogP contribution in [0.25, 0.3) is 10.8 Å². The number of nitrogens with one attached hydrogen (secondary N) is 2. The minimum atomic E-state index is -0.213. The number of aliphatic hydroxyl groups excluding tert-OH is 1. The minimum Gasteiger partial charge on any atom is -0.396 e. The van der Waals surface area contributed by atoms with Crippen LogP contribution >= 0.6 is 0 Å². The summed E-state index contributed by atoms with van der Waals surface area (Å²) in [5, 5.41) is 17.3. The number of carbonyl (C=O) groups is 1. The van der Waals surface area contributed by atoms with E-state index in [1.807, 2.05) is 36.4 Å². The Kier molecular flexibility index (Phi) is 5.96. The van der Waals surface area contributed by atoms with E-state index in [1.54, 1.807) is 0 Å². The van der Waals surface area contributed by atoms with Gasteiger partial charge in [-0.2, -0.15) is 0 Å². The molecule has 0 spiro atoms. The van der Waals surface area contributed by atoms with Crippen molar-refractivity contribution in [2.75, 3.05) is 29.9 Å². The van der Waals surface area contributed by atoms with Gasteiger partial charge in [-0.25, -0.2) is 4.79 Å². The maximum Gasteiger partial charge on any atom is 0.319 e. The zero-order valence-corrected chi connectivity index (χ0v) is 16.5. The number of rotatable bonds is 5. The van der Waals surface area contributed by atoms with Gasteiger partial charge in [0, 0.05) is 37.6 Å². The fourth-order valence-corrected chi connectivity index (χ4v) is 3.82. The molecule has 1 aliphatic rings. The number of benzene rings is 3. The highest BCUT2D eigenvalue weighted by Gasteiger charge is 2.18. The van der Waals surface area contributed by atoms with Gasteiger partial charge < -0.3 is 20.6 Å². The van der Waals surface area contributed by atoms with Crippen molar-refractivity contribution in [2.24, 2.45) is 5.92 Å². The molecule has 0 bridgehead atoms. The fourth-order valence-electron chi connectivity index (χ4n) is 3.82. The molecular weight excluding hydrogens is 362 g/mol. The molecule has 2 amide bonds. The van der Waals surface area contributed by atoms with Crippen molar-refractivity contribution in [1.82, 2.24) is 5.32 Å².